The number of rotatable bonds is 4. The first-order chi connectivity index (χ1) is 20.1. The smallest absolute Gasteiger partial charge is 0.344 e. The second-order valence-electron chi connectivity index (χ2n) is 11.7. The quantitative estimate of drug-likeness (QED) is 0.102. The zero-order valence-corrected chi connectivity index (χ0v) is 23.4. The molecule has 0 radical (unpaired) electrons. The molecule has 7 rings (SSSR count). The van der Waals surface area contributed by atoms with E-state index in [-0.39, 0.29) is 17.2 Å². The van der Waals surface area contributed by atoms with Gasteiger partial charge in [0.05, 0.1) is 15.9 Å². The lowest BCUT2D eigenvalue weighted by Gasteiger charge is -2.63. The molecule has 1 aliphatic carbocycles. The molecule has 42 heavy (non-hydrogen) atoms. The summed E-state index contributed by atoms with van der Waals surface area (Å²) in [5.41, 5.74) is 0.417. The molecule has 1 unspecified atom stereocenters. The Hall–Kier alpha value is -5.09. The number of non-ortho nitro benzene ring substituents is 1. The fourth-order valence-electron chi connectivity index (χ4n) is 7.28. The Morgan fingerprint density at radius 2 is 1.79 bits per heavy atom. The van der Waals surface area contributed by atoms with Gasteiger partial charge in [0.2, 0.25) is 0 Å². The second-order valence-corrected chi connectivity index (χ2v) is 11.7. The second kappa shape index (κ2) is 8.70. The highest BCUT2D eigenvalue weighted by Gasteiger charge is 2.67. The number of hydrogen-bond donors (Lipinski definition) is 0. The third kappa shape index (κ3) is 3.21. The van der Waals surface area contributed by atoms with E-state index in [0.717, 1.165) is 27.5 Å². The Morgan fingerprint density at radius 3 is 2.57 bits per heavy atom. The summed E-state index contributed by atoms with van der Waals surface area (Å²) in [6.07, 6.45) is 5.92. The van der Waals surface area contributed by atoms with E-state index < -0.39 is 22.1 Å². The normalized spacial score (nSPS) is 21.6. The molecule has 0 fully saturated rings. The third-order valence-corrected chi connectivity index (χ3v) is 9.69. The zero-order valence-electron chi connectivity index (χ0n) is 23.4. The van der Waals surface area contributed by atoms with Crippen LogP contribution in [0.3, 0.4) is 0 Å². The molecule has 1 aliphatic heterocycles. The molecule has 2 heterocycles. The van der Waals surface area contributed by atoms with Crippen molar-refractivity contribution in [2.75, 3.05) is 6.61 Å². The zero-order chi connectivity index (χ0) is 29.4. The predicted molar refractivity (Wildman–Crippen MR) is 160 cm³/mol. The van der Waals surface area contributed by atoms with E-state index in [1.165, 1.54) is 6.07 Å². The summed E-state index contributed by atoms with van der Waals surface area (Å²) < 4.78 is 19.0. The fourth-order valence-corrected chi connectivity index (χ4v) is 7.28. The minimum atomic E-state index is -1.02. The van der Waals surface area contributed by atoms with Crippen LogP contribution in [0.5, 0.6) is 11.5 Å². The molecular weight excluding hydrogens is 530 g/mol. The minimum absolute atomic E-state index is 0.000681. The first-order valence-corrected chi connectivity index (χ1v) is 13.7. The summed E-state index contributed by atoms with van der Waals surface area (Å²) in [7, 11) is 0. The Balaban J connectivity index is 1.63. The van der Waals surface area contributed by atoms with E-state index in [1.807, 2.05) is 54.6 Å². The van der Waals surface area contributed by atoms with Crippen molar-refractivity contribution in [1.29, 1.82) is 0 Å². The van der Waals surface area contributed by atoms with Crippen LogP contribution < -0.4 is 15.1 Å². The summed E-state index contributed by atoms with van der Waals surface area (Å²) in [5, 5.41) is 14.1. The molecule has 2 bridgehead atoms. The molecule has 4 aromatic carbocycles. The van der Waals surface area contributed by atoms with E-state index in [4.69, 9.17) is 20.3 Å². The van der Waals surface area contributed by atoms with Gasteiger partial charge in [-0.25, -0.2) is 4.79 Å². The van der Waals surface area contributed by atoms with Gasteiger partial charge in [-0.3, -0.25) is 10.1 Å². The largest absolute Gasteiger partial charge is 0.481 e. The topological polar surface area (TPSA) is 91.8 Å². The van der Waals surface area contributed by atoms with E-state index in [1.54, 1.807) is 18.2 Å². The van der Waals surface area contributed by atoms with Gasteiger partial charge < -0.3 is 13.9 Å². The Bertz CT molecular complexity index is 2070. The van der Waals surface area contributed by atoms with Crippen LogP contribution in [-0.4, -0.2) is 11.5 Å². The maximum Gasteiger partial charge on any atom is 0.344 e. The van der Waals surface area contributed by atoms with Crippen molar-refractivity contribution in [1.82, 2.24) is 0 Å². The number of nitrogens with zero attached hydrogens (tertiary/aromatic N) is 1. The number of nitro benzene ring substituents is 1. The van der Waals surface area contributed by atoms with Gasteiger partial charge in [-0.1, -0.05) is 63.1 Å². The first-order valence-electron chi connectivity index (χ1n) is 13.7. The van der Waals surface area contributed by atoms with E-state index in [0.29, 0.717) is 34.5 Å². The molecule has 0 saturated carbocycles. The number of fused-ring (bicyclic) bond motifs is 9. The highest BCUT2D eigenvalue weighted by atomic mass is 16.6. The summed E-state index contributed by atoms with van der Waals surface area (Å²) in [6, 6.07) is 24.0. The van der Waals surface area contributed by atoms with Crippen LogP contribution in [-0.2, 0) is 17.4 Å². The molecule has 5 aromatic rings. The molecule has 2 aliphatic rings. The van der Waals surface area contributed by atoms with Crippen LogP contribution in [0.15, 0.2) is 88.1 Å². The lowest BCUT2D eigenvalue weighted by atomic mass is 9.45. The molecule has 0 saturated heterocycles. The van der Waals surface area contributed by atoms with Crippen LogP contribution in [0.4, 0.5) is 5.69 Å². The molecular formula is C35H27NO6. The van der Waals surface area contributed by atoms with Crippen LogP contribution in [0.2, 0.25) is 0 Å². The van der Waals surface area contributed by atoms with Gasteiger partial charge in [-0.05, 0) is 52.2 Å². The van der Waals surface area contributed by atoms with Crippen molar-refractivity contribution in [2.45, 2.75) is 38.2 Å². The molecule has 1 aromatic heterocycles. The lowest BCUT2D eigenvalue weighted by molar-refractivity contribution is -0.384. The lowest BCUT2D eigenvalue weighted by Crippen LogP contribution is -2.65. The molecule has 0 amide bonds. The number of nitro groups is 1. The minimum Gasteiger partial charge on any atom is -0.481 e. The number of para-hydroxylation sites is 1. The molecule has 208 valence electrons. The molecule has 0 spiro atoms. The standard InChI is InChI=1S/C35H27NO6/c1-5-17-40-24-16-14-22-20-35(27-11-8-9-21-13-15-23(36(38)39)18-26(21)27)33(2,3)34(4,28(22)19-24)30-31(42-35)25-10-6-7-12-29(25)41-32(30)37/h1,6-16,18-19H,17,20H2,2-4H3/t34-,35?/m1/s1. The van der Waals surface area contributed by atoms with Gasteiger partial charge in [0.25, 0.3) is 5.69 Å². The summed E-state index contributed by atoms with van der Waals surface area (Å²) >= 11 is 0. The van der Waals surface area contributed by atoms with Gasteiger partial charge in [0.1, 0.15) is 29.3 Å². The number of terminal acetylenes is 1. The van der Waals surface area contributed by atoms with Crippen molar-refractivity contribution >= 4 is 27.4 Å². The maximum atomic E-state index is 13.9. The van der Waals surface area contributed by atoms with Crippen molar-refractivity contribution < 1.29 is 18.8 Å². The highest BCUT2D eigenvalue weighted by Crippen LogP contribution is 2.67. The van der Waals surface area contributed by atoms with Crippen LogP contribution in [0.25, 0.3) is 21.7 Å². The van der Waals surface area contributed by atoms with Gasteiger partial charge in [0, 0.05) is 34.9 Å². The van der Waals surface area contributed by atoms with Gasteiger partial charge in [-0.2, -0.15) is 0 Å². The van der Waals surface area contributed by atoms with Crippen LogP contribution >= 0.6 is 0 Å². The van der Waals surface area contributed by atoms with Crippen molar-refractivity contribution in [3.63, 3.8) is 0 Å². The van der Waals surface area contributed by atoms with Crippen molar-refractivity contribution in [3.05, 3.63) is 122 Å². The van der Waals surface area contributed by atoms with Gasteiger partial charge in [-0.15, -0.1) is 6.42 Å². The Kier molecular flexibility index (Phi) is 5.36. The fraction of sp³-hybridized carbons (Fsp3) is 0.229. The predicted octanol–water partition coefficient (Wildman–Crippen LogP) is 7.04. The van der Waals surface area contributed by atoms with Crippen LogP contribution in [0.1, 0.15) is 43.0 Å². The summed E-state index contributed by atoms with van der Waals surface area (Å²) in [6.45, 7) is 6.37. The van der Waals surface area contributed by atoms with Crippen molar-refractivity contribution in [2.24, 2.45) is 5.41 Å². The van der Waals surface area contributed by atoms with Crippen LogP contribution in [0, 0.1) is 27.9 Å². The SMILES string of the molecule is C#CCOc1ccc2c(c1)[C@]1(C)c3c(c4ccccc4oc3=O)OC(c3cccc4ccc([N+](=O)[O-])cc34)(C2)C1(C)C. The monoisotopic (exact) mass is 557 g/mol. The number of benzene rings is 4. The number of ether oxygens (including phenoxy) is 2. The summed E-state index contributed by atoms with van der Waals surface area (Å²) in [5.74, 6) is 3.58. The number of hydrogen-bond acceptors (Lipinski definition) is 6. The summed E-state index contributed by atoms with van der Waals surface area (Å²) in [4.78, 5) is 25.4. The Labute approximate surface area is 241 Å². The van der Waals surface area contributed by atoms with Gasteiger partial charge in [0.15, 0.2) is 0 Å². The van der Waals surface area contributed by atoms with Crippen molar-refractivity contribution in [3.8, 4) is 23.8 Å². The van der Waals surface area contributed by atoms with Gasteiger partial charge >= 0.3 is 5.63 Å². The Morgan fingerprint density at radius 1 is 0.976 bits per heavy atom. The maximum absolute atomic E-state index is 13.9. The van der Waals surface area contributed by atoms with E-state index in [9.17, 15) is 14.9 Å². The van der Waals surface area contributed by atoms with E-state index >= 15 is 0 Å². The molecule has 2 atom stereocenters. The highest BCUT2D eigenvalue weighted by molar-refractivity contribution is 5.90. The van der Waals surface area contributed by atoms with E-state index in [2.05, 4.69) is 26.7 Å². The third-order valence-electron chi connectivity index (χ3n) is 9.69. The first kappa shape index (κ1) is 25.8. The average Bonchev–Trinajstić information content (AvgIpc) is 2.97. The molecule has 7 heteroatoms. The molecule has 0 N–H and O–H groups in total. The average molecular weight is 558 g/mol. The molecule has 7 nitrogen and oxygen atoms in total.